The summed E-state index contributed by atoms with van der Waals surface area (Å²) in [5.74, 6) is -0.265. The van der Waals surface area contributed by atoms with E-state index in [9.17, 15) is 4.79 Å². The Bertz CT molecular complexity index is 524. The number of carboxylic acids is 1. The summed E-state index contributed by atoms with van der Waals surface area (Å²) in [7, 11) is 0. The summed E-state index contributed by atoms with van der Waals surface area (Å²) in [6.45, 7) is 0.290. The fourth-order valence-electron chi connectivity index (χ4n) is 1.15. The van der Waals surface area contributed by atoms with E-state index >= 15 is 0 Å². The summed E-state index contributed by atoms with van der Waals surface area (Å²) < 4.78 is 6.63. The minimum absolute atomic E-state index is 0.0659. The molecule has 0 saturated carbocycles. The number of thiazole rings is 1. The molecule has 4 nitrogen and oxygen atoms in total. The molecule has 1 heterocycles. The van der Waals surface area contributed by atoms with E-state index < -0.39 is 5.97 Å². The highest BCUT2D eigenvalue weighted by molar-refractivity contribution is 14.1. The summed E-state index contributed by atoms with van der Waals surface area (Å²) >= 11 is 3.50. The SMILES string of the molecule is O=C(O)c1csc(COc2ccc(I)cc2)n1. The number of aromatic carboxylic acids is 1. The number of aromatic nitrogens is 1. The predicted octanol–water partition coefficient (Wildman–Crippen LogP) is 3.02. The van der Waals surface area contributed by atoms with E-state index in [2.05, 4.69) is 27.6 Å². The second-order valence-electron chi connectivity index (χ2n) is 3.17. The molecule has 2 aromatic rings. The topological polar surface area (TPSA) is 59.4 Å². The first-order chi connectivity index (χ1) is 8.15. The molecule has 1 aromatic carbocycles. The molecule has 0 saturated heterocycles. The van der Waals surface area contributed by atoms with Crippen molar-refractivity contribution in [2.45, 2.75) is 6.61 Å². The molecule has 0 spiro atoms. The monoisotopic (exact) mass is 361 g/mol. The Morgan fingerprint density at radius 2 is 2.12 bits per heavy atom. The van der Waals surface area contributed by atoms with Crippen molar-refractivity contribution < 1.29 is 14.6 Å². The molecule has 17 heavy (non-hydrogen) atoms. The van der Waals surface area contributed by atoms with Crippen molar-refractivity contribution in [1.82, 2.24) is 4.98 Å². The Labute approximate surface area is 115 Å². The number of benzene rings is 1. The third kappa shape index (κ3) is 3.40. The molecule has 0 fully saturated rings. The minimum atomic E-state index is -1.01. The highest BCUT2D eigenvalue weighted by atomic mass is 127. The molecule has 88 valence electrons. The Morgan fingerprint density at radius 3 is 2.71 bits per heavy atom. The van der Waals surface area contributed by atoms with Gasteiger partial charge in [-0.15, -0.1) is 11.3 Å². The molecule has 1 N–H and O–H groups in total. The van der Waals surface area contributed by atoms with Gasteiger partial charge in [0.25, 0.3) is 0 Å². The van der Waals surface area contributed by atoms with Gasteiger partial charge >= 0.3 is 5.97 Å². The molecule has 0 amide bonds. The zero-order valence-corrected chi connectivity index (χ0v) is 11.6. The van der Waals surface area contributed by atoms with Crippen molar-refractivity contribution in [2.75, 3.05) is 0 Å². The van der Waals surface area contributed by atoms with E-state index in [-0.39, 0.29) is 5.69 Å². The van der Waals surface area contributed by atoms with Crippen LogP contribution < -0.4 is 4.74 Å². The first kappa shape index (κ1) is 12.3. The second-order valence-corrected chi connectivity index (χ2v) is 5.36. The van der Waals surface area contributed by atoms with E-state index in [1.807, 2.05) is 24.3 Å². The van der Waals surface area contributed by atoms with Crippen LogP contribution in [0.25, 0.3) is 0 Å². The van der Waals surface area contributed by atoms with Gasteiger partial charge in [-0.25, -0.2) is 9.78 Å². The molecule has 0 unspecified atom stereocenters. The molecule has 0 atom stereocenters. The molecular formula is C11H8INO3S. The van der Waals surface area contributed by atoms with Crippen LogP contribution in [-0.4, -0.2) is 16.1 Å². The first-order valence-electron chi connectivity index (χ1n) is 4.71. The van der Waals surface area contributed by atoms with E-state index in [0.29, 0.717) is 11.6 Å². The van der Waals surface area contributed by atoms with Crippen molar-refractivity contribution in [3.05, 3.63) is 43.9 Å². The first-order valence-corrected chi connectivity index (χ1v) is 6.67. The fourth-order valence-corrected chi connectivity index (χ4v) is 2.19. The van der Waals surface area contributed by atoms with Gasteiger partial charge in [0.1, 0.15) is 17.4 Å². The molecule has 0 bridgehead atoms. The van der Waals surface area contributed by atoms with Gasteiger partial charge < -0.3 is 9.84 Å². The number of halogens is 1. The molecule has 1 aromatic heterocycles. The van der Waals surface area contributed by atoms with Crippen LogP contribution in [0.4, 0.5) is 0 Å². The number of carboxylic acid groups (broad SMARTS) is 1. The van der Waals surface area contributed by atoms with Gasteiger partial charge in [0, 0.05) is 8.95 Å². The number of carbonyl (C=O) groups is 1. The summed E-state index contributed by atoms with van der Waals surface area (Å²) in [5.41, 5.74) is 0.0659. The van der Waals surface area contributed by atoms with Gasteiger partial charge in [0.05, 0.1) is 0 Å². The average Bonchev–Trinajstić information content (AvgIpc) is 2.77. The molecule has 0 radical (unpaired) electrons. The van der Waals surface area contributed by atoms with E-state index in [0.717, 1.165) is 9.32 Å². The van der Waals surface area contributed by atoms with Crippen LogP contribution in [0, 0.1) is 3.57 Å². The summed E-state index contributed by atoms with van der Waals surface area (Å²) in [6.07, 6.45) is 0. The van der Waals surface area contributed by atoms with Crippen LogP contribution in [0.2, 0.25) is 0 Å². The molecule has 0 aliphatic rings. The highest BCUT2D eigenvalue weighted by Crippen LogP contribution is 2.17. The molecule has 6 heteroatoms. The number of rotatable bonds is 4. The summed E-state index contributed by atoms with van der Waals surface area (Å²) in [5, 5.41) is 10.9. The van der Waals surface area contributed by atoms with Gasteiger partial charge in [-0.2, -0.15) is 0 Å². The summed E-state index contributed by atoms with van der Waals surface area (Å²) in [4.78, 5) is 14.6. The molecular weight excluding hydrogens is 353 g/mol. The van der Waals surface area contributed by atoms with Crippen LogP contribution in [0.3, 0.4) is 0 Å². The van der Waals surface area contributed by atoms with Gasteiger partial charge in [-0.3, -0.25) is 0 Å². The lowest BCUT2D eigenvalue weighted by Crippen LogP contribution is -1.99. The van der Waals surface area contributed by atoms with Crippen LogP contribution in [0.1, 0.15) is 15.5 Å². The second kappa shape index (κ2) is 5.46. The zero-order valence-electron chi connectivity index (χ0n) is 8.59. The highest BCUT2D eigenvalue weighted by Gasteiger charge is 2.08. The maximum Gasteiger partial charge on any atom is 0.355 e. The lowest BCUT2D eigenvalue weighted by molar-refractivity contribution is 0.0691. The van der Waals surface area contributed by atoms with Crippen LogP contribution >= 0.6 is 33.9 Å². The number of ether oxygens (including phenoxy) is 1. The maximum atomic E-state index is 10.6. The van der Waals surface area contributed by atoms with Crippen molar-refractivity contribution in [1.29, 1.82) is 0 Å². The van der Waals surface area contributed by atoms with E-state index in [4.69, 9.17) is 9.84 Å². The fraction of sp³-hybridized carbons (Fsp3) is 0.0909. The lowest BCUT2D eigenvalue weighted by atomic mass is 10.3. The Balaban J connectivity index is 1.97. The van der Waals surface area contributed by atoms with Gasteiger partial charge in [-0.05, 0) is 46.9 Å². The molecule has 0 aliphatic heterocycles. The minimum Gasteiger partial charge on any atom is -0.486 e. The van der Waals surface area contributed by atoms with Crippen molar-refractivity contribution >= 4 is 39.9 Å². The number of hydrogen-bond donors (Lipinski definition) is 1. The quantitative estimate of drug-likeness (QED) is 0.851. The Morgan fingerprint density at radius 1 is 1.41 bits per heavy atom. The summed E-state index contributed by atoms with van der Waals surface area (Å²) in [6, 6.07) is 7.63. The third-order valence-electron chi connectivity index (χ3n) is 1.95. The van der Waals surface area contributed by atoms with Crippen molar-refractivity contribution in [3.8, 4) is 5.75 Å². The Hall–Kier alpha value is -1.15. The Kier molecular flexibility index (Phi) is 3.95. The van der Waals surface area contributed by atoms with Crippen LogP contribution in [-0.2, 0) is 6.61 Å². The standard InChI is InChI=1S/C11H8INO3S/c12-7-1-3-8(4-2-7)16-5-10-13-9(6-17-10)11(14)15/h1-4,6H,5H2,(H,14,15). The predicted molar refractivity (Wildman–Crippen MR) is 72.6 cm³/mol. The zero-order chi connectivity index (χ0) is 12.3. The largest absolute Gasteiger partial charge is 0.486 e. The normalized spacial score (nSPS) is 10.2. The smallest absolute Gasteiger partial charge is 0.355 e. The number of nitrogens with zero attached hydrogens (tertiary/aromatic N) is 1. The van der Waals surface area contributed by atoms with Crippen molar-refractivity contribution in [3.63, 3.8) is 0 Å². The average molecular weight is 361 g/mol. The molecule has 2 rings (SSSR count). The lowest BCUT2D eigenvalue weighted by Gasteiger charge is -2.03. The van der Waals surface area contributed by atoms with E-state index in [1.165, 1.54) is 16.7 Å². The van der Waals surface area contributed by atoms with Crippen molar-refractivity contribution in [2.24, 2.45) is 0 Å². The van der Waals surface area contributed by atoms with Crippen LogP contribution in [0.5, 0.6) is 5.75 Å². The maximum absolute atomic E-state index is 10.6. The van der Waals surface area contributed by atoms with Gasteiger partial charge in [0.2, 0.25) is 0 Å². The van der Waals surface area contributed by atoms with Gasteiger partial charge in [-0.1, -0.05) is 0 Å². The van der Waals surface area contributed by atoms with Crippen LogP contribution in [0.15, 0.2) is 29.6 Å². The third-order valence-corrected chi connectivity index (χ3v) is 3.49. The van der Waals surface area contributed by atoms with E-state index in [1.54, 1.807) is 0 Å². The number of hydrogen-bond acceptors (Lipinski definition) is 4. The van der Waals surface area contributed by atoms with Gasteiger partial charge in [0.15, 0.2) is 5.69 Å². The molecule has 0 aliphatic carbocycles.